The molecule has 110 valence electrons. The molecule has 1 N–H and O–H groups in total. The van der Waals surface area contributed by atoms with Gasteiger partial charge in [-0.25, -0.2) is 13.2 Å². The molecule has 0 unspecified atom stereocenters. The quantitative estimate of drug-likeness (QED) is 0.680. The predicted molar refractivity (Wildman–Crippen MR) is 66.2 cm³/mol. The molecular formula is C12H14F3N3O2. The first-order valence-electron chi connectivity index (χ1n) is 6.17. The number of nitrogens with zero attached hydrogens (tertiary/aromatic N) is 2. The van der Waals surface area contributed by atoms with E-state index in [1.54, 1.807) is 0 Å². The average molecular weight is 289 g/mol. The second kappa shape index (κ2) is 6.19. The molecule has 2 rings (SSSR count). The zero-order valence-electron chi connectivity index (χ0n) is 10.6. The van der Waals surface area contributed by atoms with E-state index >= 15 is 0 Å². The zero-order chi connectivity index (χ0) is 14.7. The standard InChI is InChI=1S/C12H14F3N3O2/c13-8-1-2-10(18(19)20)9(7-8)11(12(14)15)17-5-3-16-4-6-17/h1-2,7,11-12,16H,3-6H2/t11-/m1/s1. The lowest BCUT2D eigenvalue weighted by atomic mass is 10.0. The number of nitrogens with one attached hydrogen (secondary N) is 1. The van der Waals surface area contributed by atoms with Crippen LogP contribution in [0.2, 0.25) is 0 Å². The highest BCUT2D eigenvalue weighted by Gasteiger charge is 2.35. The molecule has 0 spiro atoms. The second-order valence-electron chi connectivity index (χ2n) is 4.53. The maximum Gasteiger partial charge on any atom is 0.274 e. The molecule has 0 aliphatic carbocycles. The van der Waals surface area contributed by atoms with Crippen molar-refractivity contribution in [3.05, 3.63) is 39.7 Å². The van der Waals surface area contributed by atoms with Gasteiger partial charge in [0.2, 0.25) is 0 Å². The molecule has 8 heteroatoms. The summed E-state index contributed by atoms with van der Waals surface area (Å²) in [5.74, 6) is -0.758. The highest BCUT2D eigenvalue weighted by atomic mass is 19.3. The van der Waals surface area contributed by atoms with E-state index in [9.17, 15) is 23.3 Å². The van der Waals surface area contributed by atoms with Crippen LogP contribution >= 0.6 is 0 Å². The predicted octanol–water partition coefficient (Wildman–Crippen LogP) is 1.95. The van der Waals surface area contributed by atoms with Crippen molar-refractivity contribution in [3.8, 4) is 0 Å². The lowest BCUT2D eigenvalue weighted by Crippen LogP contribution is -2.47. The van der Waals surface area contributed by atoms with Crippen molar-refractivity contribution < 1.29 is 18.1 Å². The summed E-state index contributed by atoms with van der Waals surface area (Å²) in [6.45, 7) is 1.71. The molecule has 1 saturated heterocycles. The topological polar surface area (TPSA) is 58.4 Å². The fourth-order valence-corrected chi connectivity index (χ4v) is 2.38. The van der Waals surface area contributed by atoms with Crippen molar-refractivity contribution in [2.24, 2.45) is 0 Å². The van der Waals surface area contributed by atoms with Crippen LogP contribution in [-0.4, -0.2) is 42.4 Å². The number of piperazine rings is 1. The van der Waals surface area contributed by atoms with Crippen LogP contribution in [0.4, 0.5) is 18.9 Å². The number of alkyl halides is 2. The number of benzene rings is 1. The maximum absolute atomic E-state index is 13.3. The van der Waals surface area contributed by atoms with E-state index in [4.69, 9.17) is 0 Å². The van der Waals surface area contributed by atoms with E-state index in [2.05, 4.69) is 5.32 Å². The Labute approximate surface area is 113 Å². The first-order valence-corrected chi connectivity index (χ1v) is 6.17. The van der Waals surface area contributed by atoms with Crippen LogP contribution in [0.5, 0.6) is 0 Å². The van der Waals surface area contributed by atoms with Crippen molar-refractivity contribution >= 4 is 5.69 Å². The summed E-state index contributed by atoms with van der Waals surface area (Å²) in [4.78, 5) is 11.6. The third kappa shape index (κ3) is 3.07. The molecule has 1 aromatic rings. The summed E-state index contributed by atoms with van der Waals surface area (Å²) >= 11 is 0. The minimum Gasteiger partial charge on any atom is -0.314 e. The SMILES string of the molecule is O=[N+]([O-])c1ccc(F)cc1[C@H](C(F)F)N1CCNCC1. The number of nitro benzene ring substituents is 1. The Balaban J connectivity index is 2.42. The normalized spacial score (nSPS) is 18.2. The fourth-order valence-electron chi connectivity index (χ4n) is 2.38. The number of halogens is 3. The molecule has 0 aromatic heterocycles. The van der Waals surface area contributed by atoms with Gasteiger partial charge in [0.25, 0.3) is 12.1 Å². The van der Waals surface area contributed by atoms with Crippen molar-refractivity contribution in [3.63, 3.8) is 0 Å². The molecule has 1 heterocycles. The summed E-state index contributed by atoms with van der Waals surface area (Å²) in [5, 5.41) is 14.0. The average Bonchev–Trinajstić information content (AvgIpc) is 2.39. The third-order valence-corrected chi connectivity index (χ3v) is 3.29. The summed E-state index contributed by atoms with van der Waals surface area (Å²) in [5.41, 5.74) is -0.748. The Morgan fingerprint density at radius 3 is 2.50 bits per heavy atom. The molecule has 0 radical (unpaired) electrons. The van der Waals surface area contributed by atoms with Gasteiger partial charge in [-0.05, 0) is 12.1 Å². The van der Waals surface area contributed by atoms with Gasteiger partial charge < -0.3 is 5.32 Å². The molecule has 1 aliphatic heterocycles. The van der Waals surface area contributed by atoms with Crippen molar-refractivity contribution in [1.29, 1.82) is 0 Å². The smallest absolute Gasteiger partial charge is 0.274 e. The highest BCUT2D eigenvalue weighted by Crippen LogP contribution is 2.34. The Kier molecular flexibility index (Phi) is 4.56. The molecular weight excluding hydrogens is 275 g/mol. The number of hydrogen-bond acceptors (Lipinski definition) is 4. The lowest BCUT2D eigenvalue weighted by Gasteiger charge is -2.34. The first-order chi connectivity index (χ1) is 9.50. The Morgan fingerprint density at radius 2 is 1.95 bits per heavy atom. The minimum atomic E-state index is -2.83. The van der Waals surface area contributed by atoms with Crippen LogP contribution in [0, 0.1) is 15.9 Å². The molecule has 1 aliphatic rings. The van der Waals surface area contributed by atoms with Crippen LogP contribution < -0.4 is 5.32 Å². The highest BCUT2D eigenvalue weighted by molar-refractivity contribution is 5.43. The number of hydrogen-bond donors (Lipinski definition) is 1. The van der Waals surface area contributed by atoms with E-state index in [0.717, 1.165) is 18.2 Å². The van der Waals surface area contributed by atoms with E-state index in [1.807, 2.05) is 0 Å². The number of nitro groups is 1. The van der Waals surface area contributed by atoms with Crippen LogP contribution in [0.15, 0.2) is 18.2 Å². The second-order valence-corrected chi connectivity index (χ2v) is 4.53. The van der Waals surface area contributed by atoms with Gasteiger partial charge in [-0.3, -0.25) is 15.0 Å². The zero-order valence-corrected chi connectivity index (χ0v) is 10.6. The van der Waals surface area contributed by atoms with Gasteiger partial charge in [0.1, 0.15) is 11.9 Å². The van der Waals surface area contributed by atoms with Gasteiger partial charge in [-0.2, -0.15) is 0 Å². The Bertz CT molecular complexity index is 493. The Morgan fingerprint density at radius 1 is 1.30 bits per heavy atom. The third-order valence-electron chi connectivity index (χ3n) is 3.29. The largest absolute Gasteiger partial charge is 0.314 e. The molecule has 1 atom stereocenters. The minimum absolute atomic E-state index is 0.271. The van der Waals surface area contributed by atoms with Crippen LogP contribution in [-0.2, 0) is 0 Å². The first kappa shape index (κ1) is 14.7. The molecule has 1 fully saturated rings. The lowest BCUT2D eigenvalue weighted by molar-refractivity contribution is -0.386. The van der Waals surface area contributed by atoms with Gasteiger partial charge in [0.15, 0.2) is 0 Å². The van der Waals surface area contributed by atoms with Crippen molar-refractivity contribution in [2.75, 3.05) is 26.2 Å². The van der Waals surface area contributed by atoms with Gasteiger partial charge in [-0.15, -0.1) is 0 Å². The summed E-state index contributed by atoms with van der Waals surface area (Å²) < 4.78 is 40.0. The number of rotatable bonds is 4. The van der Waals surface area contributed by atoms with E-state index in [0.29, 0.717) is 26.2 Å². The van der Waals surface area contributed by atoms with Crippen LogP contribution in [0.3, 0.4) is 0 Å². The Hall–Kier alpha value is -1.67. The molecule has 0 bridgehead atoms. The van der Waals surface area contributed by atoms with Crippen LogP contribution in [0.25, 0.3) is 0 Å². The van der Waals surface area contributed by atoms with Gasteiger partial charge >= 0.3 is 0 Å². The molecule has 0 saturated carbocycles. The fraction of sp³-hybridized carbons (Fsp3) is 0.500. The molecule has 5 nitrogen and oxygen atoms in total. The molecule has 1 aromatic carbocycles. The summed E-state index contributed by atoms with van der Waals surface area (Å²) in [6, 6.07) is 1.20. The van der Waals surface area contributed by atoms with Gasteiger partial charge in [0.05, 0.1) is 10.5 Å². The monoisotopic (exact) mass is 289 g/mol. The van der Waals surface area contributed by atoms with E-state index in [1.165, 1.54) is 4.90 Å². The van der Waals surface area contributed by atoms with Crippen molar-refractivity contribution in [1.82, 2.24) is 10.2 Å². The maximum atomic E-state index is 13.3. The van der Waals surface area contributed by atoms with Crippen LogP contribution in [0.1, 0.15) is 11.6 Å². The van der Waals surface area contributed by atoms with E-state index < -0.39 is 28.9 Å². The van der Waals surface area contributed by atoms with Gasteiger partial charge in [0, 0.05) is 32.2 Å². The summed E-state index contributed by atoms with van der Waals surface area (Å²) in [6.07, 6.45) is -2.83. The van der Waals surface area contributed by atoms with Gasteiger partial charge in [-0.1, -0.05) is 0 Å². The molecule has 0 amide bonds. The van der Waals surface area contributed by atoms with E-state index in [-0.39, 0.29) is 5.56 Å². The molecule has 20 heavy (non-hydrogen) atoms. The van der Waals surface area contributed by atoms with Crippen molar-refractivity contribution in [2.45, 2.75) is 12.5 Å². The summed E-state index contributed by atoms with van der Waals surface area (Å²) in [7, 11) is 0.